The molecule has 0 atom stereocenters. The van der Waals surface area contributed by atoms with Gasteiger partial charge < -0.3 is 10.7 Å². The van der Waals surface area contributed by atoms with Gasteiger partial charge in [-0.2, -0.15) is 0 Å². The van der Waals surface area contributed by atoms with Crippen molar-refractivity contribution in [2.24, 2.45) is 5.84 Å². The van der Waals surface area contributed by atoms with E-state index in [1.807, 2.05) is 6.26 Å². The molecule has 0 amide bonds. The van der Waals surface area contributed by atoms with Crippen LogP contribution in [0.1, 0.15) is 0 Å². The number of halogens is 3. The summed E-state index contributed by atoms with van der Waals surface area (Å²) in [5, 5.41) is 3.75. The van der Waals surface area contributed by atoms with Gasteiger partial charge in [0.15, 0.2) is 5.16 Å². The van der Waals surface area contributed by atoms with Crippen molar-refractivity contribution in [3.63, 3.8) is 0 Å². The lowest BCUT2D eigenvalue weighted by molar-refractivity contribution is 0.628. The van der Waals surface area contributed by atoms with Crippen LogP contribution in [0.3, 0.4) is 0 Å². The first-order valence-corrected chi connectivity index (χ1v) is 7.33. The van der Waals surface area contributed by atoms with Crippen molar-refractivity contribution in [1.82, 2.24) is 9.97 Å². The van der Waals surface area contributed by atoms with Crippen LogP contribution < -0.4 is 16.6 Å². The Balaban J connectivity index is 2.39. The highest BCUT2D eigenvalue weighted by Gasteiger charge is 2.11. The molecule has 0 unspecified atom stereocenters. The third-order valence-electron chi connectivity index (χ3n) is 2.30. The molecule has 2 rings (SSSR count). The normalized spacial score (nSPS) is 10.4. The van der Waals surface area contributed by atoms with E-state index in [2.05, 4.69) is 20.7 Å². The highest BCUT2D eigenvalue weighted by molar-refractivity contribution is 7.98. The van der Waals surface area contributed by atoms with Crippen molar-refractivity contribution < 1.29 is 4.39 Å². The Labute approximate surface area is 129 Å². The van der Waals surface area contributed by atoms with Crippen molar-refractivity contribution in [2.75, 3.05) is 17.0 Å². The molecular weight excluding hydrogens is 324 g/mol. The highest BCUT2D eigenvalue weighted by Crippen LogP contribution is 2.33. The zero-order chi connectivity index (χ0) is 14.7. The Kier molecular flexibility index (Phi) is 4.87. The summed E-state index contributed by atoms with van der Waals surface area (Å²) in [6.07, 6.45) is 1.83. The van der Waals surface area contributed by atoms with E-state index in [1.165, 1.54) is 11.8 Å². The second-order valence-corrected chi connectivity index (χ2v) is 5.23. The molecule has 20 heavy (non-hydrogen) atoms. The molecule has 1 heterocycles. The fourth-order valence-electron chi connectivity index (χ4n) is 1.44. The number of rotatable bonds is 4. The Hall–Kier alpha value is -1.28. The molecule has 0 bridgehead atoms. The van der Waals surface area contributed by atoms with Crippen molar-refractivity contribution >= 4 is 52.3 Å². The summed E-state index contributed by atoms with van der Waals surface area (Å²) in [6.45, 7) is 0. The van der Waals surface area contributed by atoms with E-state index in [0.29, 0.717) is 22.5 Å². The Morgan fingerprint density at radius 2 is 1.75 bits per heavy atom. The van der Waals surface area contributed by atoms with Gasteiger partial charge in [-0.05, 0) is 18.4 Å². The van der Waals surface area contributed by atoms with E-state index in [1.54, 1.807) is 6.07 Å². The number of hydrogen-bond donors (Lipinski definition) is 3. The summed E-state index contributed by atoms with van der Waals surface area (Å²) < 4.78 is 13.1. The maximum Gasteiger partial charge on any atom is 0.191 e. The van der Waals surface area contributed by atoms with Crippen LogP contribution in [-0.4, -0.2) is 16.2 Å². The van der Waals surface area contributed by atoms with Crippen LogP contribution in [0.5, 0.6) is 0 Å². The number of hydrazine groups is 1. The van der Waals surface area contributed by atoms with E-state index in [0.717, 1.165) is 12.1 Å². The van der Waals surface area contributed by atoms with Gasteiger partial charge in [0.25, 0.3) is 0 Å². The monoisotopic (exact) mass is 333 g/mol. The number of nitrogens with zero attached hydrogens (tertiary/aromatic N) is 2. The second kappa shape index (κ2) is 6.45. The van der Waals surface area contributed by atoms with Gasteiger partial charge in [0.1, 0.15) is 17.5 Å². The Bertz CT molecular complexity index is 595. The average molecular weight is 334 g/mol. The molecule has 0 aliphatic carbocycles. The molecule has 2 aromatic rings. The lowest BCUT2D eigenvalue weighted by Gasteiger charge is -2.11. The molecule has 5 nitrogen and oxygen atoms in total. The van der Waals surface area contributed by atoms with Crippen molar-refractivity contribution in [2.45, 2.75) is 5.16 Å². The third-order valence-corrected chi connectivity index (χ3v) is 3.44. The summed E-state index contributed by atoms with van der Waals surface area (Å²) in [7, 11) is 0. The van der Waals surface area contributed by atoms with Crippen LogP contribution in [0.2, 0.25) is 10.0 Å². The lowest BCUT2D eigenvalue weighted by atomic mass is 10.3. The minimum Gasteiger partial charge on any atom is -0.338 e. The summed E-state index contributed by atoms with van der Waals surface area (Å²) in [5.41, 5.74) is 2.80. The summed E-state index contributed by atoms with van der Waals surface area (Å²) in [5.74, 6) is 5.69. The predicted molar refractivity (Wildman–Crippen MR) is 81.3 cm³/mol. The fraction of sp³-hybridized carbons (Fsp3) is 0.0909. The maximum absolute atomic E-state index is 13.1. The van der Waals surface area contributed by atoms with Crippen molar-refractivity contribution in [1.29, 1.82) is 0 Å². The number of anilines is 3. The van der Waals surface area contributed by atoms with Crippen LogP contribution in [0.25, 0.3) is 0 Å². The minimum absolute atomic E-state index is 0.154. The number of hydrogen-bond acceptors (Lipinski definition) is 6. The van der Waals surface area contributed by atoms with Gasteiger partial charge in [0.2, 0.25) is 0 Å². The molecule has 0 saturated carbocycles. The van der Waals surface area contributed by atoms with Crippen LogP contribution in [0.15, 0.2) is 23.4 Å². The van der Waals surface area contributed by atoms with E-state index >= 15 is 0 Å². The van der Waals surface area contributed by atoms with Crippen molar-refractivity contribution in [3.8, 4) is 0 Å². The quantitative estimate of drug-likeness (QED) is 0.343. The molecule has 0 spiro atoms. The largest absolute Gasteiger partial charge is 0.338 e. The lowest BCUT2D eigenvalue weighted by Crippen LogP contribution is -2.10. The summed E-state index contributed by atoms with van der Waals surface area (Å²) >= 11 is 13.3. The first-order valence-electron chi connectivity index (χ1n) is 5.34. The van der Waals surface area contributed by atoms with Crippen LogP contribution in [0, 0.1) is 5.82 Å². The summed E-state index contributed by atoms with van der Waals surface area (Å²) in [4.78, 5) is 8.35. The van der Waals surface area contributed by atoms with Gasteiger partial charge >= 0.3 is 0 Å². The Morgan fingerprint density at radius 1 is 1.15 bits per heavy atom. The van der Waals surface area contributed by atoms with Crippen LogP contribution >= 0.6 is 35.0 Å². The van der Waals surface area contributed by atoms with Gasteiger partial charge in [-0.25, -0.2) is 20.2 Å². The number of nitrogen functional groups attached to an aromatic ring is 1. The molecule has 1 aromatic carbocycles. The zero-order valence-electron chi connectivity index (χ0n) is 10.2. The third kappa shape index (κ3) is 3.43. The number of thioether (sulfide) groups is 1. The topological polar surface area (TPSA) is 75.9 Å². The van der Waals surface area contributed by atoms with Gasteiger partial charge in [-0.1, -0.05) is 35.0 Å². The number of aromatic nitrogens is 2. The van der Waals surface area contributed by atoms with Gasteiger partial charge in [-0.3, -0.25) is 0 Å². The van der Waals surface area contributed by atoms with E-state index in [-0.39, 0.29) is 10.0 Å². The molecule has 0 saturated heterocycles. The van der Waals surface area contributed by atoms with Gasteiger partial charge in [0.05, 0.1) is 15.7 Å². The molecule has 0 aliphatic heterocycles. The molecule has 0 fully saturated rings. The smallest absolute Gasteiger partial charge is 0.191 e. The molecule has 0 aliphatic rings. The number of benzene rings is 1. The van der Waals surface area contributed by atoms with E-state index in [9.17, 15) is 4.39 Å². The first kappa shape index (κ1) is 15.1. The average Bonchev–Trinajstić information content (AvgIpc) is 2.42. The molecular formula is C11H10Cl2FN5S. The summed E-state index contributed by atoms with van der Waals surface area (Å²) in [6, 6.07) is 3.90. The molecule has 4 N–H and O–H groups in total. The SMILES string of the molecule is CSc1nc(NN)cc(Nc2c(Cl)cc(F)cc2Cl)n1. The maximum atomic E-state index is 13.1. The minimum atomic E-state index is -0.512. The van der Waals surface area contributed by atoms with Gasteiger partial charge in [-0.15, -0.1) is 0 Å². The highest BCUT2D eigenvalue weighted by atomic mass is 35.5. The number of nitrogens with one attached hydrogen (secondary N) is 2. The molecule has 106 valence electrons. The Morgan fingerprint density at radius 3 is 2.30 bits per heavy atom. The standard InChI is InChI=1S/C11H10Cl2FN5S/c1-20-11-17-8(4-9(18-11)19-15)16-10-6(12)2-5(14)3-7(10)13/h2-4H,15H2,1H3,(H2,16,17,18,19). The zero-order valence-corrected chi connectivity index (χ0v) is 12.6. The van der Waals surface area contributed by atoms with Crippen LogP contribution in [0.4, 0.5) is 21.7 Å². The second-order valence-electron chi connectivity index (χ2n) is 3.64. The predicted octanol–water partition coefficient (Wildman–Crippen LogP) is 3.67. The first-order chi connectivity index (χ1) is 9.53. The molecule has 9 heteroatoms. The molecule has 0 radical (unpaired) electrons. The number of nitrogens with two attached hydrogens (primary N) is 1. The van der Waals surface area contributed by atoms with Crippen LogP contribution in [-0.2, 0) is 0 Å². The molecule has 1 aromatic heterocycles. The van der Waals surface area contributed by atoms with E-state index < -0.39 is 5.82 Å². The van der Waals surface area contributed by atoms with Crippen molar-refractivity contribution in [3.05, 3.63) is 34.1 Å². The fourth-order valence-corrected chi connectivity index (χ4v) is 2.38. The van der Waals surface area contributed by atoms with Gasteiger partial charge in [0, 0.05) is 6.07 Å². The van der Waals surface area contributed by atoms with E-state index in [4.69, 9.17) is 29.0 Å².